The molecule has 0 saturated carbocycles. The third kappa shape index (κ3) is 5.73. The number of hydrogen-bond donors (Lipinski definition) is 1. The van der Waals surface area contributed by atoms with E-state index in [2.05, 4.69) is 5.32 Å². The van der Waals surface area contributed by atoms with E-state index < -0.39 is 10.8 Å². The lowest BCUT2D eigenvalue weighted by molar-refractivity contribution is -0.384. The van der Waals surface area contributed by atoms with Gasteiger partial charge in [0, 0.05) is 34.8 Å². The Bertz CT molecular complexity index is 1300. The molecule has 0 heterocycles. The van der Waals surface area contributed by atoms with Crippen LogP contribution in [-0.2, 0) is 11.2 Å². The van der Waals surface area contributed by atoms with Gasteiger partial charge in [0.05, 0.1) is 12.0 Å². The maximum atomic E-state index is 14.1. The molecular weight excluding hydrogens is 449 g/mol. The van der Waals surface area contributed by atoms with E-state index in [0.29, 0.717) is 22.4 Å². The summed E-state index contributed by atoms with van der Waals surface area (Å²) in [5, 5.41) is 23.1. The lowest BCUT2D eigenvalue weighted by atomic mass is 10.0. The SMILES string of the molecule is COc1cc(/C=C(\C#N)C(=O)Nc2cccc([N+](=O)[O-])c2)cc(Cl)c1Cc1ccccc1F. The number of amides is 1. The van der Waals surface area contributed by atoms with Crippen molar-refractivity contribution in [1.82, 2.24) is 0 Å². The summed E-state index contributed by atoms with van der Waals surface area (Å²) in [6.07, 6.45) is 1.50. The topological polar surface area (TPSA) is 105 Å². The first kappa shape index (κ1) is 23.4. The molecule has 0 saturated heterocycles. The van der Waals surface area contributed by atoms with Crippen molar-refractivity contribution in [3.05, 3.63) is 104 Å². The summed E-state index contributed by atoms with van der Waals surface area (Å²) in [6.45, 7) is 0. The minimum absolute atomic E-state index is 0.172. The van der Waals surface area contributed by atoms with Crippen molar-refractivity contribution >= 4 is 35.0 Å². The van der Waals surface area contributed by atoms with Crippen molar-refractivity contribution in [2.75, 3.05) is 12.4 Å². The van der Waals surface area contributed by atoms with Crippen LogP contribution in [0.2, 0.25) is 5.02 Å². The van der Waals surface area contributed by atoms with Crippen LogP contribution in [0.4, 0.5) is 15.8 Å². The molecule has 3 rings (SSSR count). The zero-order chi connectivity index (χ0) is 24.0. The van der Waals surface area contributed by atoms with Gasteiger partial charge < -0.3 is 10.1 Å². The Morgan fingerprint density at radius 1 is 1.24 bits per heavy atom. The van der Waals surface area contributed by atoms with Gasteiger partial charge in [-0.3, -0.25) is 14.9 Å². The molecule has 3 aromatic rings. The van der Waals surface area contributed by atoms with Crippen LogP contribution in [-0.4, -0.2) is 17.9 Å². The molecule has 1 N–H and O–H groups in total. The lowest BCUT2D eigenvalue weighted by Crippen LogP contribution is -2.13. The molecule has 7 nitrogen and oxygen atoms in total. The molecular formula is C24H17ClFN3O4. The highest BCUT2D eigenvalue weighted by Gasteiger charge is 2.16. The molecule has 0 bridgehead atoms. The van der Waals surface area contributed by atoms with Crippen LogP contribution in [0.5, 0.6) is 5.75 Å². The predicted molar refractivity (Wildman–Crippen MR) is 123 cm³/mol. The molecule has 166 valence electrons. The molecule has 33 heavy (non-hydrogen) atoms. The smallest absolute Gasteiger partial charge is 0.271 e. The average Bonchev–Trinajstić information content (AvgIpc) is 2.80. The van der Waals surface area contributed by atoms with Crippen molar-refractivity contribution in [1.29, 1.82) is 5.26 Å². The van der Waals surface area contributed by atoms with Crippen LogP contribution in [0, 0.1) is 27.3 Å². The highest BCUT2D eigenvalue weighted by molar-refractivity contribution is 6.31. The van der Waals surface area contributed by atoms with Crippen molar-refractivity contribution in [3.8, 4) is 11.8 Å². The van der Waals surface area contributed by atoms with Crippen molar-refractivity contribution in [2.45, 2.75) is 6.42 Å². The van der Waals surface area contributed by atoms with E-state index in [-0.39, 0.29) is 34.2 Å². The van der Waals surface area contributed by atoms with Crippen LogP contribution in [0.3, 0.4) is 0 Å². The first-order valence-electron chi connectivity index (χ1n) is 9.59. The monoisotopic (exact) mass is 465 g/mol. The maximum Gasteiger partial charge on any atom is 0.271 e. The fraction of sp³-hybridized carbons (Fsp3) is 0.0833. The summed E-state index contributed by atoms with van der Waals surface area (Å²) < 4.78 is 19.5. The van der Waals surface area contributed by atoms with E-state index in [1.165, 1.54) is 49.6 Å². The van der Waals surface area contributed by atoms with Gasteiger partial charge >= 0.3 is 0 Å². The molecule has 0 radical (unpaired) electrons. The summed E-state index contributed by atoms with van der Waals surface area (Å²) >= 11 is 6.42. The number of carbonyl (C=O) groups is 1. The number of ether oxygens (including phenoxy) is 1. The Morgan fingerprint density at radius 3 is 2.67 bits per heavy atom. The average molecular weight is 466 g/mol. The van der Waals surface area contributed by atoms with Crippen LogP contribution in [0.1, 0.15) is 16.7 Å². The standard InChI is InChI=1S/C24H17ClFN3O4/c1-33-23-11-15(10-21(25)20(23)12-16-5-2-3-8-22(16)26)9-17(14-27)24(30)28-18-6-4-7-19(13-18)29(31)32/h2-11,13H,12H2,1H3,(H,28,30)/b17-9+. The summed E-state index contributed by atoms with van der Waals surface area (Å²) in [6, 6.07) is 16.6. The summed E-state index contributed by atoms with van der Waals surface area (Å²) in [5.74, 6) is -0.749. The number of halogens is 2. The van der Waals surface area contributed by atoms with Gasteiger partial charge in [-0.25, -0.2) is 4.39 Å². The summed E-state index contributed by atoms with van der Waals surface area (Å²) in [5.41, 5.74) is 1.14. The molecule has 1 amide bonds. The summed E-state index contributed by atoms with van der Waals surface area (Å²) in [7, 11) is 1.43. The number of nitro groups is 1. The Hall–Kier alpha value is -4.22. The normalized spacial score (nSPS) is 10.9. The fourth-order valence-corrected chi connectivity index (χ4v) is 3.40. The molecule has 0 unspecified atom stereocenters. The number of hydrogen-bond acceptors (Lipinski definition) is 5. The predicted octanol–water partition coefficient (Wildman–Crippen LogP) is 5.53. The van der Waals surface area contributed by atoms with Crippen LogP contribution < -0.4 is 10.1 Å². The van der Waals surface area contributed by atoms with Gasteiger partial charge in [-0.2, -0.15) is 5.26 Å². The maximum absolute atomic E-state index is 14.1. The van der Waals surface area contributed by atoms with Gasteiger partial charge in [-0.15, -0.1) is 0 Å². The van der Waals surface area contributed by atoms with Crippen LogP contribution in [0.25, 0.3) is 6.08 Å². The van der Waals surface area contributed by atoms with E-state index in [1.807, 2.05) is 6.07 Å². The number of methoxy groups -OCH3 is 1. The summed E-state index contributed by atoms with van der Waals surface area (Å²) in [4.78, 5) is 22.9. The molecule has 0 aliphatic carbocycles. The van der Waals surface area contributed by atoms with Crippen molar-refractivity contribution in [3.63, 3.8) is 0 Å². The van der Waals surface area contributed by atoms with E-state index in [4.69, 9.17) is 16.3 Å². The molecule has 3 aromatic carbocycles. The fourth-order valence-electron chi connectivity index (χ4n) is 3.11. The molecule has 0 aromatic heterocycles. The molecule has 9 heteroatoms. The zero-order valence-corrected chi connectivity index (χ0v) is 18.1. The highest BCUT2D eigenvalue weighted by Crippen LogP contribution is 2.32. The number of carbonyl (C=O) groups excluding carboxylic acids is 1. The second-order valence-electron chi connectivity index (χ2n) is 6.88. The number of non-ortho nitro benzene ring substituents is 1. The third-order valence-electron chi connectivity index (χ3n) is 4.71. The number of benzene rings is 3. The van der Waals surface area contributed by atoms with E-state index in [9.17, 15) is 24.6 Å². The minimum Gasteiger partial charge on any atom is -0.496 e. The highest BCUT2D eigenvalue weighted by atomic mass is 35.5. The van der Waals surface area contributed by atoms with E-state index in [0.717, 1.165) is 0 Å². The second kappa shape index (κ2) is 10.4. The number of rotatable bonds is 7. The second-order valence-corrected chi connectivity index (χ2v) is 7.29. The van der Waals surface area contributed by atoms with Gasteiger partial charge in [0.1, 0.15) is 23.2 Å². The van der Waals surface area contributed by atoms with Crippen molar-refractivity contribution < 1.29 is 18.8 Å². The van der Waals surface area contributed by atoms with E-state index >= 15 is 0 Å². The van der Waals surface area contributed by atoms with Gasteiger partial charge in [0.2, 0.25) is 0 Å². The van der Waals surface area contributed by atoms with Crippen LogP contribution >= 0.6 is 11.6 Å². The van der Waals surface area contributed by atoms with Gasteiger partial charge in [-0.1, -0.05) is 35.9 Å². The largest absolute Gasteiger partial charge is 0.496 e. The first-order valence-corrected chi connectivity index (χ1v) is 9.97. The van der Waals surface area contributed by atoms with Crippen LogP contribution in [0.15, 0.2) is 66.2 Å². The lowest BCUT2D eigenvalue weighted by Gasteiger charge is -2.13. The van der Waals surface area contributed by atoms with Gasteiger partial charge in [0.25, 0.3) is 11.6 Å². The third-order valence-corrected chi connectivity index (χ3v) is 5.05. The molecule has 0 aliphatic heterocycles. The molecule has 0 atom stereocenters. The van der Waals surface area contributed by atoms with E-state index in [1.54, 1.807) is 24.3 Å². The number of nitrogens with one attached hydrogen (secondary N) is 1. The quantitative estimate of drug-likeness (QED) is 0.214. The number of nitrogens with zero attached hydrogens (tertiary/aromatic N) is 2. The van der Waals surface area contributed by atoms with Gasteiger partial charge in [0.15, 0.2) is 0 Å². The Morgan fingerprint density at radius 2 is 2.00 bits per heavy atom. The molecule has 0 spiro atoms. The zero-order valence-electron chi connectivity index (χ0n) is 17.3. The molecule has 0 fully saturated rings. The van der Waals surface area contributed by atoms with Gasteiger partial charge in [-0.05, 0) is 41.5 Å². The molecule has 0 aliphatic rings. The first-order chi connectivity index (χ1) is 15.8. The number of anilines is 1. The number of nitriles is 1. The van der Waals surface area contributed by atoms with Crippen molar-refractivity contribution in [2.24, 2.45) is 0 Å². The minimum atomic E-state index is -0.747. The Kier molecular flexibility index (Phi) is 7.38. The Labute approximate surface area is 193 Å². The number of nitro benzene ring substituents is 1. The Balaban J connectivity index is 1.89.